The van der Waals surface area contributed by atoms with E-state index in [1.165, 1.54) is 23.5 Å². The van der Waals surface area contributed by atoms with E-state index in [1.54, 1.807) is 6.07 Å². The molecule has 0 saturated carbocycles. The molecule has 1 aliphatic rings. The second kappa shape index (κ2) is 7.62. The Kier molecular flexibility index (Phi) is 5.15. The molecule has 0 saturated heterocycles. The largest absolute Gasteiger partial charge is 0.476 e. The van der Waals surface area contributed by atoms with Gasteiger partial charge in [0, 0.05) is 10.6 Å². The predicted molar refractivity (Wildman–Crippen MR) is 112 cm³/mol. The zero-order valence-electron chi connectivity index (χ0n) is 15.1. The molecule has 8 nitrogen and oxygen atoms in total. The van der Waals surface area contributed by atoms with Gasteiger partial charge in [-0.25, -0.2) is 8.42 Å². The van der Waals surface area contributed by atoms with Crippen molar-refractivity contribution in [3.8, 4) is 16.3 Å². The van der Waals surface area contributed by atoms with Crippen LogP contribution in [0.25, 0.3) is 10.6 Å². The Balaban J connectivity index is 1.55. The summed E-state index contributed by atoms with van der Waals surface area (Å²) < 4.78 is 31.3. The van der Waals surface area contributed by atoms with Gasteiger partial charge in [-0.05, 0) is 18.2 Å². The van der Waals surface area contributed by atoms with Gasteiger partial charge in [0.1, 0.15) is 10.8 Å². The number of anilines is 2. The summed E-state index contributed by atoms with van der Waals surface area (Å²) in [5.74, 6) is -0.261. The van der Waals surface area contributed by atoms with Gasteiger partial charge in [-0.3, -0.25) is 14.4 Å². The molecular formula is C18H15ClN4O4S2. The zero-order valence-corrected chi connectivity index (χ0v) is 17.5. The molecule has 4 rings (SSSR count). The van der Waals surface area contributed by atoms with Crippen LogP contribution in [0.2, 0.25) is 5.02 Å². The maximum Gasteiger partial charge on any atom is 0.269 e. The van der Waals surface area contributed by atoms with E-state index < -0.39 is 22.0 Å². The lowest BCUT2D eigenvalue weighted by atomic mass is 10.2. The first-order chi connectivity index (χ1) is 13.8. The van der Waals surface area contributed by atoms with Crippen LogP contribution in [0.4, 0.5) is 10.8 Å². The number of sulfonamides is 1. The van der Waals surface area contributed by atoms with Crippen molar-refractivity contribution in [3.05, 3.63) is 53.6 Å². The van der Waals surface area contributed by atoms with Crippen molar-refractivity contribution in [3.63, 3.8) is 0 Å². The van der Waals surface area contributed by atoms with Crippen molar-refractivity contribution in [1.82, 2.24) is 10.2 Å². The Morgan fingerprint density at radius 1 is 1.24 bits per heavy atom. The average Bonchev–Trinajstić information content (AvgIpc) is 3.15. The third-order valence-corrected chi connectivity index (χ3v) is 6.43. The minimum atomic E-state index is -3.64. The van der Waals surface area contributed by atoms with Gasteiger partial charge in [-0.1, -0.05) is 53.3 Å². The molecule has 1 aromatic heterocycles. The van der Waals surface area contributed by atoms with Crippen LogP contribution in [0.5, 0.6) is 5.75 Å². The van der Waals surface area contributed by atoms with Gasteiger partial charge in [0.25, 0.3) is 5.91 Å². The summed E-state index contributed by atoms with van der Waals surface area (Å²) in [6.45, 7) is -0.178. The fourth-order valence-electron chi connectivity index (χ4n) is 2.83. The quantitative estimate of drug-likeness (QED) is 0.655. The van der Waals surface area contributed by atoms with Gasteiger partial charge in [-0.15, -0.1) is 10.2 Å². The summed E-state index contributed by atoms with van der Waals surface area (Å²) in [4.78, 5) is 12.7. The van der Waals surface area contributed by atoms with Crippen molar-refractivity contribution in [1.29, 1.82) is 0 Å². The van der Waals surface area contributed by atoms with Crippen LogP contribution in [0.15, 0.2) is 48.5 Å². The average molecular weight is 451 g/mol. The first-order valence-corrected chi connectivity index (χ1v) is 11.5. The minimum Gasteiger partial charge on any atom is -0.476 e. The van der Waals surface area contributed by atoms with E-state index in [1.807, 2.05) is 30.3 Å². The highest BCUT2D eigenvalue weighted by atomic mass is 35.5. The van der Waals surface area contributed by atoms with Gasteiger partial charge in [-0.2, -0.15) is 0 Å². The van der Waals surface area contributed by atoms with Crippen molar-refractivity contribution in [2.75, 3.05) is 22.4 Å². The Hall–Kier alpha value is -2.69. The van der Waals surface area contributed by atoms with E-state index in [9.17, 15) is 13.2 Å². The summed E-state index contributed by atoms with van der Waals surface area (Å²) in [5, 5.41) is 12.0. The van der Waals surface area contributed by atoms with Crippen molar-refractivity contribution in [2.45, 2.75) is 6.10 Å². The summed E-state index contributed by atoms with van der Waals surface area (Å²) in [7, 11) is -3.64. The molecule has 0 radical (unpaired) electrons. The first-order valence-electron chi connectivity index (χ1n) is 8.45. The van der Waals surface area contributed by atoms with E-state index >= 15 is 0 Å². The Bertz CT molecular complexity index is 1170. The van der Waals surface area contributed by atoms with Crippen LogP contribution in [0, 0.1) is 0 Å². The van der Waals surface area contributed by atoms with Crippen molar-refractivity contribution >= 4 is 49.7 Å². The van der Waals surface area contributed by atoms with Crippen LogP contribution in [0.1, 0.15) is 0 Å². The number of aromatic nitrogens is 2. The summed E-state index contributed by atoms with van der Waals surface area (Å²) in [6.07, 6.45) is 0.0111. The molecule has 0 unspecified atom stereocenters. The zero-order chi connectivity index (χ0) is 20.6. The number of benzene rings is 2. The molecular weight excluding hydrogens is 436 g/mol. The van der Waals surface area contributed by atoms with Gasteiger partial charge < -0.3 is 4.74 Å². The molecule has 1 amide bonds. The van der Waals surface area contributed by atoms with Crippen LogP contribution < -0.4 is 14.4 Å². The van der Waals surface area contributed by atoms with Crippen LogP contribution in [-0.4, -0.2) is 43.4 Å². The van der Waals surface area contributed by atoms with Gasteiger partial charge >= 0.3 is 0 Å². The van der Waals surface area contributed by atoms with Gasteiger partial charge in [0.15, 0.2) is 6.10 Å². The van der Waals surface area contributed by atoms with Gasteiger partial charge in [0.2, 0.25) is 15.2 Å². The topological polar surface area (TPSA) is 101 Å². The monoisotopic (exact) mass is 450 g/mol. The van der Waals surface area contributed by atoms with E-state index in [0.717, 1.165) is 16.1 Å². The number of fused-ring (bicyclic) bond motifs is 1. The molecule has 1 aliphatic heterocycles. The number of nitrogens with zero attached hydrogens (tertiary/aromatic N) is 3. The number of amides is 1. The van der Waals surface area contributed by atoms with Crippen LogP contribution in [-0.2, 0) is 14.8 Å². The fourth-order valence-corrected chi connectivity index (χ4v) is 4.66. The highest BCUT2D eigenvalue weighted by Gasteiger charge is 2.35. The lowest BCUT2D eigenvalue weighted by Crippen LogP contribution is -2.48. The highest BCUT2D eigenvalue weighted by Crippen LogP contribution is 2.37. The molecule has 1 atom stereocenters. The lowest BCUT2D eigenvalue weighted by molar-refractivity contribution is -0.122. The summed E-state index contributed by atoms with van der Waals surface area (Å²) >= 11 is 7.19. The molecule has 0 bridgehead atoms. The van der Waals surface area contributed by atoms with Crippen LogP contribution >= 0.6 is 22.9 Å². The standard InChI is InChI=1S/C18H15ClN4O4S2/c1-29(25,26)23-10-15(27-14-8-7-12(19)9-13(14)23)16(24)20-18-22-21-17(28-18)11-5-3-2-4-6-11/h2-9,15H,10H2,1H3,(H,20,22,24)/t15-/m0/s1. The molecule has 11 heteroatoms. The third-order valence-electron chi connectivity index (χ3n) is 4.16. The number of carbonyl (C=O) groups is 1. The number of halogens is 1. The SMILES string of the molecule is CS(=O)(=O)N1C[C@@H](C(=O)Nc2nnc(-c3ccccc3)s2)Oc2ccc(Cl)cc21. The second-order valence-electron chi connectivity index (χ2n) is 6.28. The number of nitrogens with one attached hydrogen (secondary N) is 1. The van der Waals surface area contributed by atoms with E-state index in [4.69, 9.17) is 16.3 Å². The maximum atomic E-state index is 12.7. The third kappa shape index (κ3) is 4.19. The molecule has 0 spiro atoms. The lowest BCUT2D eigenvalue weighted by Gasteiger charge is -2.33. The molecule has 29 heavy (non-hydrogen) atoms. The normalized spacial score (nSPS) is 16.1. The highest BCUT2D eigenvalue weighted by molar-refractivity contribution is 7.92. The number of carbonyl (C=O) groups excluding carboxylic acids is 1. The number of hydrogen-bond donors (Lipinski definition) is 1. The molecule has 0 fully saturated rings. The van der Waals surface area contributed by atoms with Gasteiger partial charge in [0.05, 0.1) is 18.5 Å². The summed E-state index contributed by atoms with van der Waals surface area (Å²) in [5.41, 5.74) is 1.18. The van der Waals surface area contributed by atoms with E-state index in [2.05, 4.69) is 15.5 Å². The first kappa shape index (κ1) is 19.6. The maximum absolute atomic E-state index is 12.7. The molecule has 0 aliphatic carbocycles. The Morgan fingerprint density at radius 3 is 2.72 bits per heavy atom. The molecule has 2 aromatic carbocycles. The Morgan fingerprint density at radius 2 is 2.00 bits per heavy atom. The summed E-state index contributed by atoms with van der Waals surface area (Å²) in [6, 6.07) is 14.0. The smallest absolute Gasteiger partial charge is 0.269 e. The van der Waals surface area contributed by atoms with Crippen LogP contribution in [0.3, 0.4) is 0 Å². The van der Waals surface area contributed by atoms with E-state index in [-0.39, 0.29) is 12.3 Å². The Labute approximate surface area is 176 Å². The molecule has 1 N–H and O–H groups in total. The number of ether oxygens (including phenoxy) is 1. The van der Waals surface area contributed by atoms with Crippen molar-refractivity contribution in [2.24, 2.45) is 0 Å². The van der Waals surface area contributed by atoms with Crippen molar-refractivity contribution < 1.29 is 17.9 Å². The molecule has 3 aromatic rings. The number of rotatable bonds is 4. The fraction of sp³-hybridized carbons (Fsp3) is 0.167. The molecule has 150 valence electrons. The second-order valence-corrected chi connectivity index (χ2v) is 9.60. The predicted octanol–water partition coefficient (Wildman–Crippen LogP) is 3.02. The minimum absolute atomic E-state index is 0.178. The van der Waals surface area contributed by atoms with E-state index in [0.29, 0.717) is 20.8 Å². The number of hydrogen-bond acceptors (Lipinski definition) is 7. The molecule has 2 heterocycles.